The summed E-state index contributed by atoms with van der Waals surface area (Å²) in [5.74, 6) is -1.57. The average Bonchev–Trinajstić information content (AvgIpc) is 2.40. The van der Waals surface area contributed by atoms with Crippen molar-refractivity contribution in [3.63, 3.8) is 0 Å². The first-order chi connectivity index (χ1) is 10.3. The number of amides is 1. The molecule has 1 aromatic rings. The van der Waals surface area contributed by atoms with Gasteiger partial charge in [-0.25, -0.2) is 0 Å². The number of nitrogens with zero attached hydrogens (tertiary/aromatic N) is 2. The van der Waals surface area contributed by atoms with Gasteiger partial charge in [-0.15, -0.1) is 12.4 Å². The fourth-order valence-corrected chi connectivity index (χ4v) is 2.04. The smallest absolute Gasteiger partial charge is 0.317 e. The fraction of sp³-hybridized carbons (Fsp3) is 0.385. The van der Waals surface area contributed by atoms with Gasteiger partial charge < -0.3 is 10.4 Å². The highest BCUT2D eigenvalue weighted by molar-refractivity contribution is 6.31. The molecule has 0 unspecified atom stereocenters. The third-order valence-electron chi connectivity index (χ3n) is 2.70. The lowest BCUT2D eigenvalue weighted by Crippen LogP contribution is -2.37. The molecule has 23 heavy (non-hydrogen) atoms. The van der Waals surface area contributed by atoms with Crippen molar-refractivity contribution in [1.82, 2.24) is 4.90 Å². The molecular formula is C13H17Cl2N3O5. The lowest BCUT2D eigenvalue weighted by molar-refractivity contribution is -0.383. The van der Waals surface area contributed by atoms with Crippen LogP contribution in [0.2, 0.25) is 5.02 Å². The quantitative estimate of drug-likeness (QED) is 0.540. The van der Waals surface area contributed by atoms with Crippen molar-refractivity contribution in [2.75, 3.05) is 25.0 Å². The first-order valence-corrected chi connectivity index (χ1v) is 6.89. The van der Waals surface area contributed by atoms with E-state index in [0.717, 1.165) is 6.07 Å². The zero-order valence-electron chi connectivity index (χ0n) is 12.3. The molecule has 8 nitrogen and oxygen atoms in total. The van der Waals surface area contributed by atoms with E-state index in [4.69, 9.17) is 16.7 Å². The molecule has 1 amide bonds. The van der Waals surface area contributed by atoms with Gasteiger partial charge in [0.2, 0.25) is 5.91 Å². The third kappa shape index (κ3) is 7.27. The Labute approximate surface area is 144 Å². The maximum absolute atomic E-state index is 11.9. The van der Waals surface area contributed by atoms with E-state index in [1.807, 2.05) is 6.92 Å². The van der Waals surface area contributed by atoms with Gasteiger partial charge in [0, 0.05) is 11.1 Å². The molecule has 10 heteroatoms. The lowest BCUT2D eigenvalue weighted by atomic mass is 10.2. The van der Waals surface area contributed by atoms with Crippen molar-refractivity contribution in [1.29, 1.82) is 0 Å². The number of nitro groups is 1. The average molecular weight is 366 g/mol. The van der Waals surface area contributed by atoms with Crippen molar-refractivity contribution >= 4 is 47.3 Å². The minimum atomic E-state index is -1.04. The fourth-order valence-electron chi connectivity index (χ4n) is 1.88. The van der Waals surface area contributed by atoms with E-state index in [1.165, 1.54) is 17.0 Å². The lowest BCUT2D eigenvalue weighted by Gasteiger charge is -2.18. The Bertz CT molecular complexity index is 583. The zero-order valence-corrected chi connectivity index (χ0v) is 13.9. The number of halogens is 2. The molecule has 0 heterocycles. The molecule has 0 bridgehead atoms. The minimum Gasteiger partial charge on any atom is -0.480 e. The number of carboxylic acids is 1. The van der Waals surface area contributed by atoms with Gasteiger partial charge in [0.05, 0.1) is 18.0 Å². The summed E-state index contributed by atoms with van der Waals surface area (Å²) in [7, 11) is 0. The van der Waals surface area contributed by atoms with Crippen LogP contribution < -0.4 is 5.32 Å². The van der Waals surface area contributed by atoms with E-state index in [-0.39, 0.29) is 41.9 Å². The topological polar surface area (TPSA) is 113 Å². The molecule has 0 saturated heterocycles. The number of carboxylic acid groups (broad SMARTS) is 1. The highest BCUT2D eigenvalue weighted by Gasteiger charge is 2.18. The zero-order chi connectivity index (χ0) is 16.7. The van der Waals surface area contributed by atoms with Crippen molar-refractivity contribution in [3.05, 3.63) is 33.3 Å². The second-order valence-corrected chi connectivity index (χ2v) is 5.01. The summed E-state index contributed by atoms with van der Waals surface area (Å²) in [6.45, 7) is 1.85. The van der Waals surface area contributed by atoms with Crippen molar-refractivity contribution < 1.29 is 19.6 Å². The van der Waals surface area contributed by atoms with Gasteiger partial charge in [-0.3, -0.25) is 24.6 Å². The molecule has 0 aromatic heterocycles. The highest BCUT2D eigenvalue weighted by atomic mass is 35.5. The monoisotopic (exact) mass is 365 g/mol. The van der Waals surface area contributed by atoms with Crippen LogP contribution in [0.15, 0.2) is 18.2 Å². The molecule has 0 aliphatic rings. The number of hydrogen-bond acceptors (Lipinski definition) is 5. The molecule has 0 atom stereocenters. The van der Waals surface area contributed by atoms with Gasteiger partial charge in [0.15, 0.2) is 0 Å². The predicted molar refractivity (Wildman–Crippen MR) is 88.4 cm³/mol. The summed E-state index contributed by atoms with van der Waals surface area (Å²) in [5, 5.41) is 22.3. The van der Waals surface area contributed by atoms with Gasteiger partial charge in [0.1, 0.15) is 5.69 Å². The largest absolute Gasteiger partial charge is 0.480 e. The standard InChI is InChI=1S/C13H16ClN3O5.ClH/c1-2-5-16(8-13(19)20)7-12(18)15-10-4-3-9(14)6-11(10)17(21)22;/h3-4,6H,2,5,7-8H2,1H3,(H,15,18)(H,19,20);1H. The molecule has 1 rings (SSSR count). The SMILES string of the molecule is CCCN(CC(=O)O)CC(=O)Nc1ccc(Cl)cc1[N+](=O)[O-].Cl. The number of anilines is 1. The van der Waals surface area contributed by atoms with Gasteiger partial charge in [-0.05, 0) is 25.1 Å². The van der Waals surface area contributed by atoms with Crippen LogP contribution in [0.3, 0.4) is 0 Å². The van der Waals surface area contributed by atoms with Crippen LogP contribution in [-0.2, 0) is 9.59 Å². The molecule has 2 N–H and O–H groups in total. The Kier molecular flexibility index (Phi) is 9.16. The number of carbonyl (C=O) groups is 2. The molecule has 0 aliphatic heterocycles. The van der Waals surface area contributed by atoms with E-state index in [2.05, 4.69) is 5.32 Å². The molecule has 1 aromatic carbocycles. The third-order valence-corrected chi connectivity index (χ3v) is 2.93. The number of carbonyl (C=O) groups excluding carboxylic acids is 1. The number of aliphatic carboxylic acids is 1. The number of nitro benzene ring substituents is 1. The summed E-state index contributed by atoms with van der Waals surface area (Å²) in [6.07, 6.45) is 0.682. The van der Waals surface area contributed by atoms with Crippen LogP contribution in [0.1, 0.15) is 13.3 Å². The molecular weight excluding hydrogens is 349 g/mol. The number of benzene rings is 1. The Morgan fingerprint density at radius 3 is 2.57 bits per heavy atom. The minimum absolute atomic E-state index is 0. The second-order valence-electron chi connectivity index (χ2n) is 4.57. The number of hydrogen-bond donors (Lipinski definition) is 2. The van der Waals surface area contributed by atoms with Crippen molar-refractivity contribution in [3.8, 4) is 0 Å². The van der Waals surface area contributed by atoms with Crippen LogP contribution in [0.25, 0.3) is 0 Å². The van der Waals surface area contributed by atoms with E-state index < -0.39 is 16.8 Å². The summed E-state index contributed by atoms with van der Waals surface area (Å²) >= 11 is 5.69. The summed E-state index contributed by atoms with van der Waals surface area (Å²) < 4.78 is 0. The van der Waals surface area contributed by atoms with E-state index in [1.54, 1.807) is 0 Å². The van der Waals surface area contributed by atoms with Crippen molar-refractivity contribution in [2.24, 2.45) is 0 Å². The molecule has 0 saturated carbocycles. The number of rotatable bonds is 8. The Morgan fingerprint density at radius 2 is 2.04 bits per heavy atom. The Hall–Kier alpha value is -1.90. The summed E-state index contributed by atoms with van der Waals surface area (Å²) in [6, 6.07) is 3.89. The van der Waals surface area contributed by atoms with Gasteiger partial charge in [-0.1, -0.05) is 18.5 Å². The summed E-state index contributed by atoms with van der Waals surface area (Å²) in [5.41, 5.74) is -0.299. The molecule has 0 spiro atoms. The van der Waals surface area contributed by atoms with E-state index in [9.17, 15) is 19.7 Å². The van der Waals surface area contributed by atoms with E-state index >= 15 is 0 Å². The Morgan fingerprint density at radius 1 is 1.39 bits per heavy atom. The molecule has 0 fully saturated rings. The molecule has 0 aliphatic carbocycles. The normalized spacial score (nSPS) is 10.0. The summed E-state index contributed by atoms with van der Waals surface area (Å²) in [4.78, 5) is 34.4. The van der Waals surface area contributed by atoms with Crippen LogP contribution in [0, 0.1) is 10.1 Å². The van der Waals surface area contributed by atoms with Crippen molar-refractivity contribution in [2.45, 2.75) is 13.3 Å². The van der Waals surface area contributed by atoms with E-state index in [0.29, 0.717) is 13.0 Å². The van der Waals surface area contributed by atoms with Gasteiger partial charge in [0.25, 0.3) is 5.69 Å². The van der Waals surface area contributed by atoms with Gasteiger partial charge >= 0.3 is 5.97 Å². The number of nitrogens with one attached hydrogen (secondary N) is 1. The van der Waals surface area contributed by atoms with Crippen LogP contribution in [0.5, 0.6) is 0 Å². The second kappa shape index (κ2) is 9.98. The van der Waals surface area contributed by atoms with Crippen LogP contribution >= 0.6 is 24.0 Å². The first-order valence-electron chi connectivity index (χ1n) is 6.51. The predicted octanol–water partition coefficient (Wildman–Crippen LogP) is 2.41. The Balaban J connectivity index is 0.00000484. The maximum atomic E-state index is 11.9. The van der Waals surface area contributed by atoms with Crippen LogP contribution in [0.4, 0.5) is 11.4 Å². The van der Waals surface area contributed by atoms with Gasteiger partial charge in [-0.2, -0.15) is 0 Å². The van der Waals surface area contributed by atoms with Crippen LogP contribution in [-0.4, -0.2) is 46.4 Å². The molecule has 0 radical (unpaired) electrons. The molecule has 128 valence electrons. The highest BCUT2D eigenvalue weighted by Crippen LogP contribution is 2.27. The maximum Gasteiger partial charge on any atom is 0.317 e. The first kappa shape index (κ1) is 21.1.